The van der Waals surface area contributed by atoms with Crippen molar-refractivity contribution in [1.82, 2.24) is 0 Å². The minimum absolute atomic E-state index is 0.511. The third-order valence-corrected chi connectivity index (χ3v) is 4.18. The van der Waals surface area contributed by atoms with Crippen molar-refractivity contribution in [2.24, 2.45) is 11.3 Å². The summed E-state index contributed by atoms with van der Waals surface area (Å²) in [6, 6.07) is 0. The Labute approximate surface area is 151 Å². The Bertz CT molecular complexity index is 299. The summed E-state index contributed by atoms with van der Waals surface area (Å²) in [5.74, 6) is -1.71. The summed E-state index contributed by atoms with van der Waals surface area (Å²) in [5.41, 5.74) is 0.511. The molecule has 0 rings (SSSR count). The second-order valence-electron chi connectivity index (χ2n) is 7.35. The van der Waals surface area contributed by atoms with Crippen molar-refractivity contribution in [1.29, 1.82) is 0 Å². The predicted octanol–water partition coefficient (Wildman–Crippen LogP) is 4.92. The average Bonchev–Trinajstić information content (AvgIpc) is 2.39. The van der Waals surface area contributed by atoms with Gasteiger partial charge in [-0.2, -0.15) is 0 Å². The number of aliphatic carboxylic acids is 2. The van der Waals surface area contributed by atoms with Crippen molar-refractivity contribution < 1.29 is 19.8 Å². The van der Waals surface area contributed by atoms with E-state index in [1.807, 2.05) is 0 Å². The molecule has 0 aromatic heterocycles. The Morgan fingerprint density at radius 2 is 1.35 bits per heavy atom. The zero-order valence-corrected chi connectivity index (χ0v) is 15.9. The summed E-state index contributed by atoms with van der Waals surface area (Å²) in [4.78, 5) is 18.9. The molecule has 1 atom stereocenters. The minimum atomic E-state index is -1.31. The van der Waals surface area contributed by atoms with E-state index in [0.29, 0.717) is 5.41 Å². The van der Waals surface area contributed by atoms with E-state index in [0.717, 1.165) is 5.92 Å². The summed E-state index contributed by atoms with van der Waals surface area (Å²) < 4.78 is 0. The van der Waals surface area contributed by atoms with E-state index in [9.17, 15) is 9.59 Å². The number of carbonyl (C=O) groups is 2. The second-order valence-corrected chi connectivity index (χ2v) is 7.35. The van der Waals surface area contributed by atoms with Crippen LogP contribution < -0.4 is 0 Å². The van der Waals surface area contributed by atoms with E-state index in [4.69, 9.17) is 10.2 Å². The summed E-state index contributed by atoms with van der Waals surface area (Å²) in [6.45, 7) is 9.46. The maximum atomic E-state index is 9.43. The second kappa shape index (κ2) is 15.1. The van der Waals surface area contributed by atoms with Gasteiger partial charge >= 0.3 is 125 Å². The van der Waals surface area contributed by atoms with Crippen LogP contribution in [0.4, 0.5) is 0 Å². The topological polar surface area (TPSA) is 74.6 Å². The molecule has 0 aliphatic carbocycles. The molecule has 0 saturated carbocycles. The molecular formula is C18H35LiO4. The fourth-order valence-corrected chi connectivity index (χ4v) is 2.73. The molecule has 0 fully saturated rings. The standard InChI is InChI=1S/C15H31.C3H4O4.Li/c1-6-7-8-9-10-11-12-13-14(2)15(3,4)5;4-2(5)1-3(6)7;/h14H,2,6-13H2,1,3-5H3;1H2,(H,4,5)(H,6,7);. The van der Waals surface area contributed by atoms with Crippen molar-refractivity contribution >= 4 is 29.7 Å². The summed E-state index contributed by atoms with van der Waals surface area (Å²) in [6.07, 6.45) is 10.7. The van der Waals surface area contributed by atoms with Gasteiger partial charge in [0.2, 0.25) is 0 Å². The third kappa shape index (κ3) is 19.5. The molecule has 0 saturated heterocycles. The van der Waals surface area contributed by atoms with Gasteiger partial charge in [0, 0.05) is 0 Å². The van der Waals surface area contributed by atoms with E-state index in [-0.39, 0.29) is 0 Å². The van der Waals surface area contributed by atoms with E-state index >= 15 is 0 Å². The summed E-state index contributed by atoms with van der Waals surface area (Å²) in [7, 11) is 0. The fraction of sp³-hybridized carbons (Fsp3) is 0.889. The Balaban J connectivity index is 0. The van der Waals surface area contributed by atoms with Gasteiger partial charge in [0.15, 0.2) is 0 Å². The molecule has 0 bridgehead atoms. The molecule has 1 unspecified atom stereocenters. The van der Waals surface area contributed by atoms with Crippen molar-refractivity contribution in [3.05, 3.63) is 0 Å². The predicted molar refractivity (Wildman–Crippen MR) is 96.0 cm³/mol. The zero-order valence-electron chi connectivity index (χ0n) is 15.9. The maximum absolute atomic E-state index is 9.43. The first-order valence-corrected chi connectivity index (χ1v) is 9.08. The third-order valence-electron chi connectivity index (χ3n) is 4.18. The number of hydrogen-bond donors (Lipinski definition) is 2. The van der Waals surface area contributed by atoms with Crippen LogP contribution in [0.5, 0.6) is 0 Å². The number of rotatable bonds is 11. The molecule has 0 aliphatic heterocycles. The van der Waals surface area contributed by atoms with Crippen LogP contribution in [0.1, 0.15) is 85.5 Å². The monoisotopic (exact) mass is 322 g/mol. The fourth-order valence-electron chi connectivity index (χ4n) is 2.73. The zero-order chi connectivity index (χ0) is 18.3. The molecule has 0 heterocycles. The molecule has 0 aromatic carbocycles. The molecule has 0 amide bonds. The molecular weight excluding hydrogens is 287 g/mol. The molecule has 5 heteroatoms. The first-order valence-electron chi connectivity index (χ1n) is 9.08. The van der Waals surface area contributed by atoms with Crippen LogP contribution in [-0.2, 0) is 9.59 Å². The number of unbranched alkanes of at least 4 members (excludes halogenated alkanes) is 6. The molecule has 0 radical (unpaired) electrons. The van der Waals surface area contributed by atoms with Crippen LogP contribution >= 0.6 is 0 Å². The van der Waals surface area contributed by atoms with Crippen LogP contribution in [-0.4, -0.2) is 39.9 Å². The van der Waals surface area contributed by atoms with Gasteiger partial charge < -0.3 is 10.2 Å². The summed E-state index contributed by atoms with van der Waals surface area (Å²) >= 11 is 2.34. The normalized spacial score (nSPS) is 12.3. The number of carboxylic acid groups (broad SMARTS) is 2. The van der Waals surface area contributed by atoms with Crippen molar-refractivity contribution in [2.75, 3.05) is 0 Å². The van der Waals surface area contributed by atoms with Crippen LogP contribution in [0.25, 0.3) is 0 Å². The Morgan fingerprint density at radius 1 is 0.913 bits per heavy atom. The van der Waals surface area contributed by atoms with Gasteiger partial charge in [0.05, 0.1) is 0 Å². The SMILES string of the molecule is O=C(O)CC(=O)O.[Li][CH2]C(CCCCCCCCC)C(C)(C)C. The van der Waals surface area contributed by atoms with E-state index in [2.05, 4.69) is 45.4 Å². The molecule has 4 nitrogen and oxygen atoms in total. The van der Waals surface area contributed by atoms with E-state index in [1.165, 1.54) is 56.5 Å². The van der Waals surface area contributed by atoms with Crippen molar-refractivity contribution in [2.45, 2.75) is 90.6 Å². The average molecular weight is 322 g/mol. The molecule has 23 heavy (non-hydrogen) atoms. The quantitative estimate of drug-likeness (QED) is 0.321. The number of carboxylic acids is 2. The Hall–Kier alpha value is -0.463. The van der Waals surface area contributed by atoms with Gasteiger partial charge in [-0.05, 0) is 0 Å². The van der Waals surface area contributed by atoms with Crippen LogP contribution in [0.2, 0.25) is 5.09 Å². The van der Waals surface area contributed by atoms with Gasteiger partial charge in [0.1, 0.15) is 6.42 Å². The Morgan fingerprint density at radius 3 is 1.65 bits per heavy atom. The molecule has 0 aromatic rings. The molecule has 132 valence electrons. The number of hydrogen-bond acceptors (Lipinski definition) is 2. The Kier molecular flexibility index (Phi) is 16.3. The van der Waals surface area contributed by atoms with Crippen LogP contribution in [0, 0.1) is 11.3 Å². The van der Waals surface area contributed by atoms with Crippen LogP contribution in [0.15, 0.2) is 0 Å². The van der Waals surface area contributed by atoms with Gasteiger partial charge in [-0.3, -0.25) is 9.59 Å². The molecule has 2 N–H and O–H groups in total. The van der Waals surface area contributed by atoms with E-state index < -0.39 is 18.4 Å². The van der Waals surface area contributed by atoms with Crippen molar-refractivity contribution in [3.63, 3.8) is 0 Å². The van der Waals surface area contributed by atoms with Gasteiger partial charge in [0.25, 0.3) is 0 Å². The van der Waals surface area contributed by atoms with Crippen molar-refractivity contribution in [3.8, 4) is 0 Å². The van der Waals surface area contributed by atoms with Gasteiger partial charge in [-0.1, -0.05) is 0 Å². The van der Waals surface area contributed by atoms with Crippen LogP contribution in [0.3, 0.4) is 0 Å². The summed E-state index contributed by atoms with van der Waals surface area (Å²) in [5, 5.41) is 16.8. The first-order chi connectivity index (χ1) is 10.6. The first kappa shape index (κ1) is 24.8. The molecule has 0 spiro atoms. The molecule has 0 aliphatic rings. The van der Waals surface area contributed by atoms with Gasteiger partial charge in [-0.15, -0.1) is 0 Å². The van der Waals surface area contributed by atoms with Gasteiger partial charge in [-0.25, -0.2) is 0 Å². The van der Waals surface area contributed by atoms with E-state index in [1.54, 1.807) is 0 Å².